The second-order valence-corrected chi connectivity index (χ2v) is 9.82. The Hall–Kier alpha value is -3.38. The van der Waals surface area contributed by atoms with E-state index in [0.717, 1.165) is 0 Å². The molecule has 1 aliphatic heterocycles. The number of nitrogens with zero attached hydrogens (tertiary/aromatic N) is 4. The van der Waals surface area contributed by atoms with E-state index in [1.165, 1.54) is 0 Å². The minimum Gasteiger partial charge on any atom is -0.480 e. The van der Waals surface area contributed by atoms with Crippen molar-refractivity contribution in [1.29, 1.82) is 0 Å². The third-order valence-corrected chi connectivity index (χ3v) is 6.37. The summed E-state index contributed by atoms with van der Waals surface area (Å²) in [6.07, 6.45) is 0.431. The average molecular weight is 590 g/mol. The van der Waals surface area contributed by atoms with Crippen molar-refractivity contribution in [2.24, 2.45) is 5.73 Å². The van der Waals surface area contributed by atoms with Gasteiger partial charge in [-0.1, -0.05) is 0 Å². The van der Waals surface area contributed by atoms with E-state index in [1.54, 1.807) is 14.7 Å². The topological polar surface area (TPSA) is 246 Å². The predicted molar refractivity (Wildman–Crippen MR) is 144 cm³/mol. The normalized spacial score (nSPS) is 17.5. The lowest BCUT2D eigenvalue weighted by atomic mass is 10.1. The summed E-state index contributed by atoms with van der Waals surface area (Å²) in [5.41, 5.74) is 5.37. The number of nitrogens with two attached hydrogens (primary N) is 1. The van der Waals surface area contributed by atoms with Crippen LogP contribution in [0.25, 0.3) is 0 Å². The van der Waals surface area contributed by atoms with Crippen LogP contribution in [0.2, 0.25) is 0 Å². The molecule has 234 valence electrons. The van der Waals surface area contributed by atoms with E-state index in [0.29, 0.717) is 32.6 Å². The van der Waals surface area contributed by atoms with Crippen LogP contribution in [-0.2, 0) is 28.8 Å². The Balaban J connectivity index is 2.66. The fraction of sp³-hybridized carbons (Fsp3) is 0.750. The first kappa shape index (κ1) is 35.6. The van der Waals surface area contributed by atoms with Crippen molar-refractivity contribution in [3.63, 3.8) is 0 Å². The van der Waals surface area contributed by atoms with E-state index in [2.05, 4.69) is 10.6 Å². The van der Waals surface area contributed by atoms with Gasteiger partial charge in [0.1, 0.15) is 6.04 Å². The second kappa shape index (κ2) is 19.7. The van der Waals surface area contributed by atoms with Crippen LogP contribution in [0.3, 0.4) is 0 Å². The predicted octanol–water partition coefficient (Wildman–Crippen LogP) is -3.72. The molecule has 0 spiro atoms. The Bertz CT molecular complexity index is 859. The van der Waals surface area contributed by atoms with Crippen LogP contribution in [0.1, 0.15) is 19.3 Å². The van der Waals surface area contributed by atoms with Crippen molar-refractivity contribution >= 4 is 35.7 Å². The van der Waals surface area contributed by atoms with Crippen LogP contribution in [-0.4, -0.2) is 173 Å². The zero-order valence-electron chi connectivity index (χ0n) is 23.2. The molecule has 0 aromatic rings. The minimum absolute atomic E-state index is 0.00754. The summed E-state index contributed by atoms with van der Waals surface area (Å²) in [5, 5.41) is 42.0. The Morgan fingerprint density at radius 3 is 1.27 bits per heavy atom. The van der Waals surface area contributed by atoms with Gasteiger partial charge in [0.05, 0.1) is 26.2 Å². The quantitative estimate of drug-likeness (QED) is 0.0855. The van der Waals surface area contributed by atoms with E-state index < -0.39 is 29.9 Å². The van der Waals surface area contributed by atoms with Crippen molar-refractivity contribution in [2.75, 3.05) is 91.6 Å². The number of carboxylic acid groups (broad SMARTS) is 4. The molecule has 41 heavy (non-hydrogen) atoms. The summed E-state index contributed by atoms with van der Waals surface area (Å²) in [5.74, 6) is -4.91. The van der Waals surface area contributed by atoms with Gasteiger partial charge in [0, 0.05) is 71.9 Å². The zero-order valence-corrected chi connectivity index (χ0v) is 23.2. The molecule has 1 aliphatic rings. The highest BCUT2D eigenvalue weighted by Gasteiger charge is 2.21. The fourth-order valence-corrected chi connectivity index (χ4v) is 4.09. The van der Waals surface area contributed by atoms with Gasteiger partial charge in [-0.3, -0.25) is 48.4 Å². The third kappa shape index (κ3) is 17.8. The number of carboxylic acids is 4. The van der Waals surface area contributed by atoms with Gasteiger partial charge >= 0.3 is 23.9 Å². The smallest absolute Gasteiger partial charge is 0.320 e. The molecule has 1 rings (SSSR count). The van der Waals surface area contributed by atoms with E-state index in [1.807, 2.05) is 4.90 Å². The number of amides is 2. The number of rotatable bonds is 16. The van der Waals surface area contributed by atoms with Crippen molar-refractivity contribution in [3.05, 3.63) is 0 Å². The molecule has 17 nitrogen and oxygen atoms in total. The summed E-state index contributed by atoms with van der Waals surface area (Å²) in [7, 11) is 0. The molecule has 0 aromatic heterocycles. The highest BCUT2D eigenvalue weighted by atomic mass is 16.4. The van der Waals surface area contributed by atoms with E-state index in [-0.39, 0.29) is 90.1 Å². The van der Waals surface area contributed by atoms with Crippen molar-refractivity contribution in [2.45, 2.75) is 25.3 Å². The lowest BCUT2D eigenvalue weighted by molar-refractivity contribution is -0.140. The molecule has 0 bridgehead atoms. The van der Waals surface area contributed by atoms with Crippen LogP contribution in [0.5, 0.6) is 0 Å². The lowest BCUT2D eigenvalue weighted by Crippen LogP contribution is -2.49. The molecule has 1 saturated heterocycles. The van der Waals surface area contributed by atoms with Crippen LogP contribution in [0.15, 0.2) is 0 Å². The Morgan fingerprint density at radius 2 is 0.927 bits per heavy atom. The summed E-state index contributed by atoms with van der Waals surface area (Å²) in [6, 6.07) is -1.11. The largest absolute Gasteiger partial charge is 0.480 e. The van der Waals surface area contributed by atoms with Crippen LogP contribution in [0.4, 0.5) is 0 Å². The first-order valence-electron chi connectivity index (χ1n) is 13.4. The fourth-order valence-electron chi connectivity index (χ4n) is 4.09. The molecule has 17 heteroatoms. The number of hydrogen-bond donors (Lipinski definition) is 7. The monoisotopic (exact) mass is 589 g/mol. The van der Waals surface area contributed by atoms with Gasteiger partial charge in [0.2, 0.25) is 11.8 Å². The molecule has 0 radical (unpaired) electrons. The van der Waals surface area contributed by atoms with Gasteiger partial charge in [0.25, 0.3) is 0 Å². The molecule has 1 fully saturated rings. The second-order valence-electron chi connectivity index (χ2n) is 9.82. The Labute approximate surface area is 238 Å². The molecule has 2 amide bonds. The first-order chi connectivity index (χ1) is 19.3. The van der Waals surface area contributed by atoms with Gasteiger partial charge in [-0.05, 0) is 12.8 Å². The molecule has 1 heterocycles. The maximum absolute atomic E-state index is 12.6. The molecule has 0 aromatic carbocycles. The SMILES string of the molecule is N[C@@H](CCC(=O)NCCCNC(=O)CN1CCN(CC(=O)O)CCN(CC(=O)O)CCN(CC(=O)O)CC1)C(=O)O. The van der Waals surface area contributed by atoms with Gasteiger partial charge in [-0.15, -0.1) is 0 Å². The van der Waals surface area contributed by atoms with Crippen molar-refractivity contribution < 1.29 is 49.2 Å². The van der Waals surface area contributed by atoms with Gasteiger partial charge in [-0.2, -0.15) is 0 Å². The van der Waals surface area contributed by atoms with E-state index in [4.69, 9.17) is 10.8 Å². The molecule has 0 aliphatic carbocycles. The maximum Gasteiger partial charge on any atom is 0.320 e. The number of carbonyl (C=O) groups excluding carboxylic acids is 2. The van der Waals surface area contributed by atoms with Crippen molar-refractivity contribution in [3.8, 4) is 0 Å². The van der Waals surface area contributed by atoms with Gasteiger partial charge < -0.3 is 36.8 Å². The van der Waals surface area contributed by atoms with Crippen LogP contribution >= 0.6 is 0 Å². The summed E-state index contributed by atoms with van der Waals surface area (Å²) < 4.78 is 0. The summed E-state index contributed by atoms with van der Waals surface area (Å²) in [4.78, 5) is 75.9. The highest BCUT2D eigenvalue weighted by Crippen LogP contribution is 2.02. The Kier molecular flexibility index (Phi) is 17.1. The molecule has 8 N–H and O–H groups in total. The van der Waals surface area contributed by atoms with Crippen LogP contribution < -0.4 is 16.4 Å². The standard InChI is InChI=1S/C24H43N7O10/c25-18(24(40)41)2-3-19(32)26-4-1-5-27-20(33)14-28-6-8-29(15-21(34)35)10-12-31(17-23(38)39)13-11-30(9-7-28)16-22(36)37/h18H,1-17,25H2,(H,26,32)(H,27,33)(H,34,35)(H,36,37)(H,38,39)(H,40,41)/t18-/m0/s1. The summed E-state index contributed by atoms with van der Waals surface area (Å²) >= 11 is 0. The summed E-state index contributed by atoms with van der Waals surface area (Å²) in [6.45, 7) is 2.18. The van der Waals surface area contributed by atoms with Gasteiger partial charge in [0.15, 0.2) is 0 Å². The zero-order chi connectivity index (χ0) is 30.8. The average Bonchev–Trinajstić information content (AvgIpc) is 2.87. The first-order valence-corrected chi connectivity index (χ1v) is 13.4. The molecular formula is C24H43N7O10. The van der Waals surface area contributed by atoms with Crippen LogP contribution in [0, 0.1) is 0 Å². The molecule has 1 atom stereocenters. The van der Waals surface area contributed by atoms with Gasteiger partial charge in [-0.25, -0.2) is 0 Å². The number of aliphatic carboxylic acids is 4. The van der Waals surface area contributed by atoms with Crippen molar-refractivity contribution in [1.82, 2.24) is 30.2 Å². The maximum atomic E-state index is 12.6. The van der Waals surface area contributed by atoms with E-state index >= 15 is 0 Å². The number of hydrogen-bond acceptors (Lipinski definition) is 11. The third-order valence-electron chi connectivity index (χ3n) is 6.37. The molecule has 0 saturated carbocycles. The Morgan fingerprint density at radius 1 is 0.585 bits per heavy atom. The molecule has 0 unspecified atom stereocenters. The highest BCUT2D eigenvalue weighted by molar-refractivity contribution is 5.79. The lowest BCUT2D eigenvalue weighted by Gasteiger charge is -2.32. The number of carbonyl (C=O) groups is 6. The van der Waals surface area contributed by atoms with E-state index in [9.17, 15) is 44.1 Å². The minimum atomic E-state index is -1.18. The molecular weight excluding hydrogens is 546 g/mol. The number of nitrogens with one attached hydrogen (secondary N) is 2.